The molecule has 0 radical (unpaired) electrons. The maximum Gasteiger partial charge on any atom is 0.407 e. The monoisotopic (exact) mass is 306 g/mol. The predicted octanol–water partition coefficient (Wildman–Crippen LogP) is 1.46. The van der Waals surface area contributed by atoms with Gasteiger partial charge in [-0.15, -0.1) is 0 Å². The Morgan fingerprint density at radius 2 is 2.09 bits per heavy atom. The van der Waals surface area contributed by atoms with E-state index >= 15 is 0 Å². The Hall–Kier alpha value is -2.08. The molecule has 1 aromatic rings. The van der Waals surface area contributed by atoms with Crippen LogP contribution in [-0.2, 0) is 20.9 Å². The zero-order valence-corrected chi connectivity index (χ0v) is 12.8. The van der Waals surface area contributed by atoms with Gasteiger partial charge >= 0.3 is 12.1 Å². The van der Waals surface area contributed by atoms with Crippen LogP contribution in [0.3, 0.4) is 0 Å². The van der Waals surface area contributed by atoms with Crippen molar-refractivity contribution in [2.24, 2.45) is 5.41 Å². The molecule has 1 heterocycles. The molecule has 6 heteroatoms. The molecule has 1 aliphatic rings. The topological polar surface area (TPSA) is 76.7 Å². The van der Waals surface area contributed by atoms with Crippen LogP contribution in [0.5, 0.6) is 0 Å². The molecule has 1 unspecified atom stereocenters. The molecule has 0 bridgehead atoms. The van der Waals surface area contributed by atoms with E-state index < -0.39 is 11.5 Å². The Morgan fingerprint density at radius 3 is 2.73 bits per heavy atom. The quantitative estimate of drug-likeness (QED) is 0.805. The van der Waals surface area contributed by atoms with Gasteiger partial charge in [-0.05, 0) is 24.9 Å². The molecule has 1 aliphatic heterocycles. The Kier molecular flexibility index (Phi) is 5.77. The number of carbonyl (C=O) groups excluding carboxylic acids is 2. The van der Waals surface area contributed by atoms with Crippen LogP contribution in [0.15, 0.2) is 30.3 Å². The molecular weight excluding hydrogens is 284 g/mol. The predicted molar refractivity (Wildman–Crippen MR) is 81.2 cm³/mol. The van der Waals surface area contributed by atoms with E-state index in [2.05, 4.69) is 10.6 Å². The van der Waals surface area contributed by atoms with Crippen molar-refractivity contribution < 1.29 is 19.1 Å². The first kappa shape index (κ1) is 16.3. The lowest BCUT2D eigenvalue weighted by Gasteiger charge is -2.34. The van der Waals surface area contributed by atoms with Crippen molar-refractivity contribution in [1.82, 2.24) is 10.6 Å². The van der Waals surface area contributed by atoms with Crippen molar-refractivity contribution >= 4 is 12.1 Å². The highest BCUT2D eigenvalue weighted by atomic mass is 16.5. The third kappa shape index (κ3) is 4.21. The lowest BCUT2D eigenvalue weighted by Crippen LogP contribution is -2.52. The van der Waals surface area contributed by atoms with Crippen molar-refractivity contribution in [3.05, 3.63) is 35.9 Å². The molecule has 0 spiro atoms. The van der Waals surface area contributed by atoms with Crippen molar-refractivity contribution in [1.29, 1.82) is 0 Å². The van der Waals surface area contributed by atoms with Gasteiger partial charge in [0.15, 0.2) is 0 Å². The maximum absolute atomic E-state index is 12.0. The summed E-state index contributed by atoms with van der Waals surface area (Å²) >= 11 is 0. The van der Waals surface area contributed by atoms with E-state index in [1.54, 1.807) is 0 Å². The molecule has 22 heavy (non-hydrogen) atoms. The lowest BCUT2D eigenvalue weighted by atomic mass is 9.80. The fraction of sp³-hybridized carbons (Fsp3) is 0.500. The number of carbonyl (C=O) groups is 2. The summed E-state index contributed by atoms with van der Waals surface area (Å²) in [6.07, 6.45) is 1.03. The number of rotatable bonds is 5. The van der Waals surface area contributed by atoms with Gasteiger partial charge in [0.05, 0.1) is 12.5 Å². The number of esters is 1. The molecule has 1 aromatic carbocycles. The molecule has 1 atom stereocenters. The van der Waals surface area contributed by atoms with Gasteiger partial charge in [0.1, 0.15) is 6.61 Å². The SMILES string of the molecule is COC(=O)C1(CNC(=O)OCc2ccccc2)CCCNC1. The van der Waals surface area contributed by atoms with Gasteiger partial charge in [0, 0.05) is 13.1 Å². The van der Waals surface area contributed by atoms with Crippen LogP contribution in [0.4, 0.5) is 4.79 Å². The smallest absolute Gasteiger partial charge is 0.407 e. The Morgan fingerprint density at radius 1 is 1.32 bits per heavy atom. The van der Waals surface area contributed by atoms with Crippen LogP contribution >= 0.6 is 0 Å². The number of hydrogen-bond acceptors (Lipinski definition) is 5. The second-order valence-corrected chi connectivity index (χ2v) is 5.47. The highest BCUT2D eigenvalue weighted by Gasteiger charge is 2.41. The van der Waals surface area contributed by atoms with Crippen LogP contribution in [0.25, 0.3) is 0 Å². The number of alkyl carbamates (subject to hydrolysis) is 1. The summed E-state index contributed by atoms with van der Waals surface area (Å²) in [6, 6.07) is 9.44. The van der Waals surface area contributed by atoms with E-state index in [-0.39, 0.29) is 19.1 Å². The summed E-state index contributed by atoms with van der Waals surface area (Å²) < 4.78 is 10.0. The summed E-state index contributed by atoms with van der Waals surface area (Å²) in [4.78, 5) is 23.8. The third-order valence-electron chi connectivity index (χ3n) is 3.87. The van der Waals surface area contributed by atoms with Crippen molar-refractivity contribution in [2.45, 2.75) is 19.4 Å². The maximum atomic E-state index is 12.0. The summed E-state index contributed by atoms with van der Waals surface area (Å²) in [7, 11) is 1.37. The van der Waals surface area contributed by atoms with Crippen LogP contribution < -0.4 is 10.6 Å². The molecule has 0 aromatic heterocycles. The highest BCUT2D eigenvalue weighted by molar-refractivity contribution is 5.78. The van der Waals surface area contributed by atoms with E-state index in [1.807, 2.05) is 30.3 Å². The molecule has 120 valence electrons. The standard InChI is InChI=1S/C16H22N2O4/c1-21-14(19)16(8-5-9-17-11-16)12-18-15(20)22-10-13-6-3-2-4-7-13/h2-4,6-7,17H,5,8-12H2,1H3,(H,18,20). The van der Waals surface area contributed by atoms with Crippen LogP contribution in [0.2, 0.25) is 0 Å². The van der Waals surface area contributed by atoms with Crippen molar-refractivity contribution in [3.8, 4) is 0 Å². The molecule has 2 N–H and O–H groups in total. The minimum absolute atomic E-state index is 0.205. The van der Waals surface area contributed by atoms with Crippen LogP contribution in [0.1, 0.15) is 18.4 Å². The molecular formula is C16H22N2O4. The lowest BCUT2D eigenvalue weighted by molar-refractivity contribution is -0.153. The van der Waals surface area contributed by atoms with Crippen molar-refractivity contribution in [2.75, 3.05) is 26.7 Å². The first-order valence-corrected chi connectivity index (χ1v) is 7.40. The number of nitrogens with one attached hydrogen (secondary N) is 2. The summed E-state index contributed by atoms with van der Waals surface area (Å²) in [6.45, 7) is 1.78. The number of benzene rings is 1. The summed E-state index contributed by atoms with van der Waals surface area (Å²) in [5, 5.41) is 5.86. The molecule has 1 amide bonds. The van der Waals surface area contributed by atoms with E-state index in [1.165, 1.54) is 7.11 Å². The normalized spacial score (nSPS) is 21.0. The molecule has 0 aliphatic carbocycles. The van der Waals surface area contributed by atoms with E-state index in [0.29, 0.717) is 13.0 Å². The Balaban J connectivity index is 1.84. The zero-order chi connectivity index (χ0) is 15.8. The largest absolute Gasteiger partial charge is 0.469 e. The van der Waals surface area contributed by atoms with Gasteiger partial charge in [-0.25, -0.2) is 4.79 Å². The fourth-order valence-corrected chi connectivity index (χ4v) is 2.60. The molecule has 1 fully saturated rings. The Bertz CT molecular complexity index is 498. The van der Waals surface area contributed by atoms with E-state index in [0.717, 1.165) is 18.5 Å². The van der Waals surface area contributed by atoms with Crippen LogP contribution in [-0.4, -0.2) is 38.8 Å². The average molecular weight is 306 g/mol. The number of amides is 1. The van der Waals surface area contributed by atoms with Gasteiger partial charge < -0.3 is 20.1 Å². The van der Waals surface area contributed by atoms with Gasteiger partial charge in [-0.2, -0.15) is 0 Å². The minimum Gasteiger partial charge on any atom is -0.469 e. The average Bonchev–Trinajstić information content (AvgIpc) is 2.59. The second-order valence-electron chi connectivity index (χ2n) is 5.47. The summed E-state index contributed by atoms with van der Waals surface area (Å²) in [5.41, 5.74) is 0.207. The van der Waals surface area contributed by atoms with Gasteiger partial charge in [0.25, 0.3) is 0 Å². The number of piperidine rings is 1. The number of hydrogen-bond donors (Lipinski definition) is 2. The number of methoxy groups -OCH3 is 1. The minimum atomic E-state index is -0.710. The highest BCUT2D eigenvalue weighted by Crippen LogP contribution is 2.27. The van der Waals surface area contributed by atoms with Crippen LogP contribution in [0, 0.1) is 5.41 Å². The van der Waals surface area contributed by atoms with Crippen molar-refractivity contribution in [3.63, 3.8) is 0 Å². The van der Waals surface area contributed by atoms with Gasteiger partial charge in [0.2, 0.25) is 0 Å². The van der Waals surface area contributed by atoms with E-state index in [4.69, 9.17) is 9.47 Å². The fourth-order valence-electron chi connectivity index (χ4n) is 2.60. The second kappa shape index (κ2) is 7.79. The van der Waals surface area contributed by atoms with E-state index in [9.17, 15) is 9.59 Å². The summed E-state index contributed by atoms with van der Waals surface area (Å²) in [5.74, 6) is -0.303. The van der Waals surface area contributed by atoms with Gasteiger partial charge in [-0.3, -0.25) is 4.79 Å². The first-order chi connectivity index (χ1) is 10.7. The zero-order valence-electron chi connectivity index (χ0n) is 12.8. The molecule has 0 saturated carbocycles. The third-order valence-corrected chi connectivity index (χ3v) is 3.87. The Labute approximate surface area is 130 Å². The molecule has 1 saturated heterocycles. The molecule has 2 rings (SSSR count). The first-order valence-electron chi connectivity index (χ1n) is 7.40. The van der Waals surface area contributed by atoms with Gasteiger partial charge in [-0.1, -0.05) is 30.3 Å². The molecule has 6 nitrogen and oxygen atoms in total. The number of ether oxygens (including phenoxy) is 2.